The van der Waals surface area contributed by atoms with E-state index >= 15 is 0 Å². The van der Waals surface area contributed by atoms with Crippen molar-refractivity contribution in [3.8, 4) is 11.4 Å². The van der Waals surface area contributed by atoms with Crippen molar-refractivity contribution < 1.29 is 4.79 Å². The Morgan fingerprint density at radius 3 is 2.29 bits per heavy atom. The highest BCUT2D eigenvalue weighted by Crippen LogP contribution is 2.39. The Labute approximate surface area is 171 Å². The van der Waals surface area contributed by atoms with Gasteiger partial charge in [-0.3, -0.25) is 9.36 Å². The molecule has 150 valence electrons. The van der Waals surface area contributed by atoms with Gasteiger partial charge in [0.25, 0.3) is 0 Å². The third kappa shape index (κ3) is 3.71. The smallest absolute Gasteiger partial charge is 0.235 e. The van der Waals surface area contributed by atoms with Crippen LogP contribution in [-0.4, -0.2) is 44.4 Å². The number of rotatable bonds is 4. The summed E-state index contributed by atoms with van der Waals surface area (Å²) in [6.07, 6.45) is 5.71. The molecule has 28 heavy (non-hydrogen) atoms. The first-order valence-electron chi connectivity index (χ1n) is 10.3. The fourth-order valence-corrected chi connectivity index (χ4v) is 5.39. The van der Waals surface area contributed by atoms with E-state index in [1.807, 2.05) is 11.9 Å². The average molecular weight is 399 g/mol. The van der Waals surface area contributed by atoms with Crippen LogP contribution in [0.1, 0.15) is 64.5 Å². The van der Waals surface area contributed by atoms with E-state index in [4.69, 9.17) is 0 Å². The number of hydrogen-bond acceptors (Lipinski definition) is 4. The molecule has 5 nitrogen and oxygen atoms in total. The summed E-state index contributed by atoms with van der Waals surface area (Å²) in [7, 11) is 1.88. The lowest BCUT2D eigenvalue weighted by Gasteiger charge is -2.20. The predicted octanol–water partition coefficient (Wildman–Crippen LogP) is 4.68. The van der Waals surface area contributed by atoms with Gasteiger partial charge in [0, 0.05) is 25.2 Å². The minimum absolute atomic E-state index is 0.0366. The van der Waals surface area contributed by atoms with Gasteiger partial charge in [0.1, 0.15) is 0 Å². The molecule has 6 heteroatoms. The van der Waals surface area contributed by atoms with Crippen LogP contribution in [0.25, 0.3) is 11.4 Å². The van der Waals surface area contributed by atoms with E-state index in [-0.39, 0.29) is 16.6 Å². The van der Waals surface area contributed by atoms with Crippen molar-refractivity contribution in [2.24, 2.45) is 0 Å². The number of carbonyl (C=O) groups is 1. The molecule has 4 rings (SSSR count). The highest BCUT2D eigenvalue weighted by atomic mass is 32.2. The summed E-state index contributed by atoms with van der Waals surface area (Å²) in [6, 6.07) is 9.16. The number of aromatic nitrogens is 3. The molecule has 0 N–H and O–H groups in total. The third-order valence-corrected chi connectivity index (χ3v) is 7.20. The van der Waals surface area contributed by atoms with E-state index in [0.717, 1.165) is 42.4 Å². The van der Waals surface area contributed by atoms with E-state index in [9.17, 15) is 4.79 Å². The van der Waals surface area contributed by atoms with Crippen molar-refractivity contribution in [2.45, 2.75) is 74.7 Å². The average Bonchev–Trinajstić information content (AvgIpc) is 3.38. The zero-order valence-electron chi connectivity index (χ0n) is 17.3. The molecule has 1 amide bonds. The van der Waals surface area contributed by atoms with E-state index in [1.54, 1.807) is 11.8 Å². The minimum Gasteiger partial charge on any atom is -0.345 e. The standard InChI is InChI=1S/C22H30N4OS/c1-22(2,3)16-11-9-15(10-12-16)19-23-24-21(26(19)17-7-5-6-8-17)28-18-13-14-25(4)20(18)27/h9-12,17-18H,5-8,13-14H2,1-4H3. The molecule has 0 bridgehead atoms. The number of hydrogen-bond donors (Lipinski definition) is 0. The number of amides is 1. The van der Waals surface area contributed by atoms with Crippen LogP contribution in [-0.2, 0) is 10.2 Å². The summed E-state index contributed by atoms with van der Waals surface area (Å²) in [4.78, 5) is 14.2. The molecule has 1 aromatic heterocycles. The van der Waals surface area contributed by atoms with Crippen LogP contribution in [0.2, 0.25) is 0 Å². The quantitative estimate of drug-likeness (QED) is 0.750. The van der Waals surface area contributed by atoms with Gasteiger partial charge in [-0.05, 0) is 30.2 Å². The van der Waals surface area contributed by atoms with E-state index in [0.29, 0.717) is 6.04 Å². The molecule has 2 fully saturated rings. The maximum Gasteiger partial charge on any atom is 0.235 e. The Kier molecular flexibility index (Phi) is 5.25. The SMILES string of the molecule is CN1CCC(Sc2nnc(-c3ccc(C(C)(C)C)cc3)n2C2CCCC2)C1=O. The van der Waals surface area contributed by atoms with Crippen molar-refractivity contribution in [3.05, 3.63) is 29.8 Å². The van der Waals surface area contributed by atoms with Gasteiger partial charge in [-0.15, -0.1) is 10.2 Å². The maximum absolute atomic E-state index is 12.4. The van der Waals surface area contributed by atoms with Crippen LogP contribution in [0.4, 0.5) is 0 Å². The molecule has 2 heterocycles. The molecule has 1 saturated carbocycles. The van der Waals surface area contributed by atoms with Gasteiger partial charge in [-0.25, -0.2) is 0 Å². The van der Waals surface area contributed by atoms with Crippen LogP contribution in [0.5, 0.6) is 0 Å². The van der Waals surface area contributed by atoms with Gasteiger partial charge >= 0.3 is 0 Å². The highest BCUT2D eigenvalue weighted by Gasteiger charge is 2.33. The molecule has 1 unspecified atom stereocenters. The molecule has 1 saturated heterocycles. The third-order valence-electron chi connectivity index (χ3n) is 5.99. The molecule has 0 radical (unpaired) electrons. The highest BCUT2D eigenvalue weighted by molar-refractivity contribution is 8.00. The van der Waals surface area contributed by atoms with Crippen molar-refractivity contribution in [2.75, 3.05) is 13.6 Å². The molecule has 1 aliphatic heterocycles. The molecule has 2 aromatic rings. The first-order valence-corrected chi connectivity index (χ1v) is 11.2. The van der Waals surface area contributed by atoms with Crippen molar-refractivity contribution in [1.29, 1.82) is 0 Å². The molecule has 2 aliphatic rings. The molecule has 1 atom stereocenters. The van der Waals surface area contributed by atoms with Gasteiger partial charge < -0.3 is 4.90 Å². The normalized spacial score (nSPS) is 21.1. The Balaban J connectivity index is 1.67. The lowest BCUT2D eigenvalue weighted by atomic mass is 9.86. The fraction of sp³-hybridized carbons (Fsp3) is 0.591. The largest absolute Gasteiger partial charge is 0.345 e. The maximum atomic E-state index is 12.4. The Morgan fingerprint density at radius 1 is 1.04 bits per heavy atom. The summed E-state index contributed by atoms with van der Waals surface area (Å²) < 4.78 is 2.31. The second kappa shape index (κ2) is 7.54. The summed E-state index contributed by atoms with van der Waals surface area (Å²) in [6.45, 7) is 7.52. The summed E-state index contributed by atoms with van der Waals surface area (Å²) >= 11 is 1.60. The second-order valence-electron chi connectivity index (χ2n) is 9.10. The summed E-state index contributed by atoms with van der Waals surface area (Å²) in [5.74, 6) is 1.15. The Morgan fingerprint density at radius 2 is 1.71 bits per heavy atom. The van der Waals surface area contributed by atoms with Gasteiger partial charge in [-0.2, -0.15) is 0 Å². The topological polar surface area (TPSA) is 51.0 Å². The first-order chi connectivity index (χ1) is 13.3. The van der Waals surface area contributed by atoms with Crippen molar-refractivity contribution in [3.63, 3.8) is 0 Å². The van der Waals surface area contributed by atoms with Crippen LogP contribution < -0.4 is 0 Å². The van der Waals surface area contributed by atoms with Crippen LogP contribution >= 0.6 is 11.8 Å². The molecular weight excluding hydrogens is 368 g/mol. The van der Waals surface area contributed by atoms with Crippen LogP contribution in [0, 0.1) is 0 Å². The fourth-order valence-electron chi connectivity index (χ4n) is 4.19. The van der Waals surface area contributed by atoms with Gasteiger partial charge in [0.05, 0.1) is 5.25 Å². The lowest BCUT2D eigenvalue weighted by molar-refractivity contribution is -0.126. The summed E-state index contributed by atoms with van der Waals surface area (Å²) in [5, 5.41) is 9.97. The zero-order valence-corrected chi connectivity index (χ0v) is 18.1. The van der Waals surface area contributed by atoms with Crippen LogP contribution in [0.15, 0.2) is 29.4 Å². The summed E-state index contributed by atoms with van der Waals surface area (Å²) in [5.41, 5.74) is 2.56. The van der Waals surface area contributed by atoms with E-state index in [2.05, 4.69) is 59.8 Å². The molecule has 1 aromatic carbocycles. The number of carbonyl (C=O) groups excluding carboxylic acids is 1. The Hall–Kier alpha value is -1.82. The van der Waals surface area contributed by atoms with E-state index in [1.165, 1.54) is 18.4 Å². The minimum atomic E-state index is -0.0366. The van der Waals surface area contributed by atoms with Crippen molar-refractivity contribution in [1.82, 2.24) is 19.7 Å². The number of benzene rings is 1. The number of likely N-dealkylation sites (tertiary alicyclic amines) is 1. The van der Waals surface area contributed by atoms with Crippen molar-refractivity contribution >= 4 is 17.7 Å². The number of nitrogens with zero attached hydrogens (tertiary/aromatic N) is 4. The Bertz CT molecular complexity index is 846. The van der Waals surface area contributed by atoms with Gasteiger partial charge in [0.15, 0.2) is 11.0 Å². The monoisotopic (exact) mass is 398 g/mol. The van der Waals surface area contributed by atoms with E-state index < -0.39 is 0 Å². The second-order valence-corrected chi connectivity index (χ2v) is 10.3. The first kappa shape index (κ1) is 19.5. The lowest BCUT2D eigenvalue weighted by Crippen LogP contribution is -2.24. The zero-order chi connectivity index (χ0) is 19.9. The molecule has 1 aliphatic carbocycles. The predicted molar refractivity (Wildman–Crippen MR) is 114 cm³/mol. The molecule has 0 spiro atoms. The number of thioether (sulfide) groups is 1. The molecular formula is C22H30N4OS. The van der Waals surface area contributed by atoms with Crippen LogP contribution in [0.3, 0.4) is 0 Å². The van der Waals surface area contributed by atoms with Gasteiger partial charge in [0.2, 0.25) is 5.91 Å². The van der Waals surface area contributed by atoms with Gasteiger partial charge in [-0.1, -0.05) is 69.6 Å².